The number of anilines is 2. The van der Waals surface area contributed by atoms with Crippen molar-refractivity contribution in [2.24, 2.45) is 5.92 Å². The van der Waals surface area contributed by atoms with Gasteiger partial charge >= 0.3 is 0 Å². The first-order chi connectivity index (χ1) is 13.9. The molecule has 2 aliphatic rings. The van der Waals surface area contributed by atoms with Gasteiger partial charge in [0.05, 0.1) is 5.92 Å². The van der Waals surface area contributed by atoms with Crippen LogP contribution in [0.2, 0.25) is 0 Å². The molecule has 0 bridgehead atoms. The van der Waals surface area contributed by atoms with E-state index in [-0.39, 0.29) is 17.7 Å². The summed E-state index contributed by atoms with van der Waals surface area (Å²) in [6, 6.07) is 14.5. The van der Waals surface area contributed by atoms with Crippen molar-refractivity contribution >= 4 is 23.2 Å². The molecule has 2 aromatic carbocycles. The number of hydrogen-bond donors (Lipinski definition) is 0. The van der Waals surface area contributed by atoms with Gasteiger partial charge in [0.2, 0.25) is 11.8 Å². The number of rotatable bonds is 3. The van der Waals surface area contributed by atoms with Crippen LogP contribution in [0.15, 0.2) is 42.5 Å². The van der Waals surface area contributed by atoms with Gasteiger partial charge in [-0.25, -0.2) is 0 Å². The van der Waals surface area contributed by atoms with Gasteiger partial charge in [0.25, 0.3) is 0 Å². The van der Waals surface area contributed by atoms with E-state index in [1.54, 1.807) is 0 Å². The summed E-state index contributed by atoms with van der Waals surface area (Å²) in [7, 11) is 0. The number of para-hydroxylation sites is 1. The molecule has 0 N–H and O–H groups in total. The second-order valence-corrected chi connectivity index (χ2v) is 8.30. The van der Waals surface area contributed by atoms with Gasteiger partial charge in [-0.05, 0) is 44.0 Å². The van der Waals surface area contributed by atoms with E-state index in [2.05, 4.69) is 36.1 Å². The van der Waals surface area contributed by atoms with Gasteiger partial charge in [-0.15, -0.1) is 0 Å². The standard InChI is InChI=1S/C24H29N3O2/c1-17-13-18(2)23(19(3)14-17)27-16-20(15-22(27)28)24(29)26-11-9-25(10-12-26)21-7-5-4-6-8-21/h4-8,13-14,20H,9-12,15-16H2,1-3H3. The Labute approximate surface area is 172 Å². The lowest BCUT2D eigenvalue weighted by molar-refractivity contribution is -0.136. The minimum atomic E-state index is -0.245. The number of aryl methyl sites for hydroxylation is 3. The molecule has 0 saturated carbocycles. The summed E-state index contributed by atoms with van der Waals surface area (Å²) in [5, 5.41) is 0. The molecule has 29 heavy (non-hydrogen) atoms. The number of carbonyl (C=O) groups is 2. The molecule has 0 radical (unpaired) electrons. The number of carbonyl (C=O) groups excluding carboxylic acids is 2. The minimum absolute atomic E-state index is 0.0568. The van der Waals surface area contributed by atoms with Crippen molar-refractivity contribution in [3.05, 3.63) is 59.2 Å². The van der Waals surface area contributed by atoms with Crippen LogP contribution in [0, 0.1) is 26.7 Å². The SMILES string of the molecule is Cc1cc(C)c(N2CC(C(=O)N3CCN(c4ccccc4)CC3)CC2=O)c(C)c1. The van der Waals surface area contributed by atoms with Crippen molar-refractivity contribution in [2.75, 3.05) is 42.5 Å². The van der Waals surface area contributed by atoms with E-state index >= 15 is 0 Å². The Morgan fingerprint density at radius 2 is 1.55 bits per heavy atom. The van der Waals surface area contributed by atoms with Crippen LogP contribution in [-0.4, -0.2) is 49.4 Å². The minimum Gasteiger partial charge on any atom is -0.368 e. The first kappa shape index (κ1) is 19.5. The third kappa shape index (κ3) is 3.86. The summed E-state index contributed by atoms with van der Waals surface area (Å²) < 4.78 is 0. The summed E-state index contributed by atoms with van der Waals surface area (Å²) in [4.78, 5) is 31.9. The number of nitrogens with zero attached hydrogens (tertiary/aromatic N) is 3. The quantitative estimate of drug-likeness (QED) is 0.806. The molecule has 2 amide bonds. The third-order valence-corrected chi connectivity index (χ3v) is 6.09. The number of benzene rings is 2. The second kappa shape index (κ2) is 7.90. The van der Waals surface area contributed by atoms with Crippen LogP contribution >= 0.6 is 0 Å². The van der Waals surface area contributed by atoms with Crippen molar-refractivity contribution in [3.8, 4) is 0 Å². The van der Waals surface area contributed by atoms with Crippen LogP contribution in [0.4, 0.5) is 11.4 Å². The molecular formula is C24H29N3O2. The lowest BCUT2D eigenvalue weighted by Crippen LogP contribution is -2.50. The molecule has 2 aromatic rings. The van der Waals surface area contributed by atoms with Crippen LogP contribution in [0.25, 0.3) is 0 Å². The third-order valence-electron chi connectivity index (χ3n) is 6.09. The molecule has 1 unspecified atom stereocenters. The zero-order chi connectivity index (χ0) is 20.5. The van der Waals surface area contributed by atoms with E-state index in [0.717, 1.165) is 29.9 Å². The van der Waals surface area contributed by atoms with E-state index in [1.807, 2.05) is 41.8 Å². The maximum Gasteiger partial charge on any atom is 0.228 e. The first-order valence-electron chi connectivity index (χ1n) is 10.4. The largest absolute Gasteiger partial charge is 0.368 e. The Hall–Kier alpha value is -2.82. The normalized spacial score (nSPS) is 19.8. The van der Waals surface area contributed by atoms with Gasteiger partial charge in [0.1, 0.15) is 0 Å². The smallest absolute Gasteiger partial charge is 0.228 e. The summed E-state index contributed by atoms with van der Waals surface area (Å²) >= 11 is 0. The fourth-order valence-electron chi connectivity index (χ4n) is 4.77. The molecule has 0 aliphatic carbocycles. The molecule has 5 nitrogen and oxygen atoms in total. The number of piperazine rings is 1. The fraction of sp³-hybridized carbons (Fsp3) is 0.417. The van der Waals surface area contributed by atoms with E-state index in [9.17, 15) is 9.59 Å². The molecule has 0 aromatic heterocycles. The molecule has 2 fully saturated rings. The van der Waals surface area contributed by atoms with Crippen molar-refractivity contribution in [1.29, 1.82) is 0 Å². The second-order valence-electron chi connectivity index (χ2n) is 8.30. The monoisotopic (exact) mass is 391 g/mol. The summed E-state index contributed by atoms with van der Waals surface area (Å²) in [6.45, 7) is 9.72. The maximum atomic E-state index is 13.1. The summed E-state index contributed by atoms with van der Waals surface area (Å²) in [6.07, 6.45) is 0.310. The van der Waals surface area contributed by atoms with Crippen LogP contribution in [0.3, 0.4) is 0 Å². The average Bonchev–Trinajstić information content (AvgIpc) is 3.09. The molecule has 4 rings (SSSR count). The average molecular weight is 392 g/mol. The Balaban J connectivity index is 1.42. The van der Waals surface area contributed by atoms with Gasteiger partial charge in [0, 0.05) is 50.5 Å². The van der Waals surface area contributed by atoms with Crippen LogP contribution in [0.1, 0.15) is 23.1 Å². The molecule has 2 heterocycles. The maximum absolute atomic E-state index is 13.1. The Morgan fingerprint density at radius 1 is 0.931 bits per heavy atom. The molecule has 1 atom stereocenters. The predicted octanol–water partition coefficient (Wildman–Crippen LogP) is 3.31. The van der Waals surface area contributed by atoms with E-state index in [0.29, 0.717) is 26.1 Å². The van der Waals surface area contributed by atoms with Gasteiger partial charge in [-0.3, -0.25) is 9.59 Å². The lowest BCUT2D eigenvalue weighted by atomic mass is 10.0. The van der Waals surface area contributed by atoms with E-state index < -0.39 is 0 Å². The molecule has 0 spiro atoms. The van der Waals surface area contributed by atoms with Gasteiger partial charge < -0.3 is 14.7 Å². The van der Waals surface area contributed by atoms with Gasteiger partial charge in [-0.1, -0.05) is 35.9 Å². The highest BCUT2D eigenvalue weighted by Crippen LogP contribution is 2.32. The molecular weight excluding hydrogens is 362 g/mol. The number of hydrogen-bond acceptors (Lipinski definition) is 3. The topological polar surface area (TPSA) is 43.9 Å². The zero-order valence-corrected chi connectivity index (χ0v) is 17.5. The Bertz CT molecular complexity index is 894. The highest BCUT2D eigenvalue weighted by atomic mass is 16.2. The summed E-state index contributed by atoms with van der Waals surface area (Å²) in [5.74, 6) is -0.0665. The first-order valence-corrected chi connectivity index (χ1v) is 10.4. The molecule has 2 aliphatic heterocycles. The van der Waals surface area contributed by atoms with Crippen molar-refractivity contribution in [3.63, 3.8) is 0 Å². The highest BCUT2D eigenvalue weighted by molar-refractivity contribution is 6.01. The summed E-state index contributed by atoms with van der Waals surface area (Å²) in [5.41, 5.74) is 5.57. The van der Waals surface area contributed by atoms with Crippen molar-refractivity contribution in [1.82, 2.24) is 4.90 Å². The number of amides is 2. The van der Waals surface area contributed by atoms with Crippen molar-refractivity contribution in [2.45, 2.75) is 27.2 Å². The van der Waals surface area contributed by atoms with Crippen molar-refractivity contribution < 1.29 is 9.59 Å². The molecule has 152 valence electrons. The van der Waals surface area contributed by atoms with Crippen LogP contribution in [0.5, 0.6) is 0 Å². The lowest BCUT2D eigenvalue weighted by Gasteiger charge is -2.37. The van der Waals surface area contributed by atoms with Crippen LogP contribution < -0.4 is 9.80 Å². The highest BCUT2D eigenvalue weighted by Gasteiger charge is 2.38. The fourth-order valence-corrected chi connectivity index (χ4v) is 4.77. The zero-order valence-electron chi connectivity index (χ0n) is 17.5. The predicted molar refractivity (Wildman–Crippen MR) is 116 cm³/mol. The molecule has 5 heteroatoms. The van der Waals surface area contributed by atoms with E-state index in [1.165, 1.54) is 11.3 Å². The van der Waals surface area contributed by atoms with Crippen LogP contribution in [-0.2, 0) is 9.59 Å². The van der Waals surface area contributed by atoms with Gasteiger partial charge in [0.15, 0.2) is 0 Å². The Morgan fingerprint density at radius 3 is 2.17 bits per heavy atom. The molecule has 2 saturated heterocycles. The van der Waals surface area contributed by atoms with Gasteiger partial charge in [-0.2, -0.15) is 0 Å². The Kier molecular flexibility index (Phi) is 5.31. The van der Waals surface area contributed by atoms with E-state index in [4.69, 9.17) is 0 Å².